The van der Waals surface area contributed by atoms with E-state index in [1.165, 1.54) is 0 Å². The fourth-order valence-electron chi connectivity index (χ4n) is 1.21. The van der Waals surface area contributed by atoms with Crippen molar-refractivity contribution >= 4 is 6.34 Å². The van der Waals surface area contributed by atoms with Crippen LogP contribution in [0.4, 0.5) is 0 Å². The molecular weight excluding hydrogens is 180 g/mol. The Morgan fingerprint density at radius 3 is 2.93 bits per heavy atom. The second-order valence-electron chi connectivity index (χ2n) is 3.10. The summed E-state index contributed by atoms with van der Waals surface area (Å²) in [5.41, 5.74) is 5.68. The molecule has 3 N–H and O–H groups in total. The lowest BCUT2D eigenvalue weighted by Crippen LogP contribution is -2.36. The van der Waals surface area contributed by atoms with Crippen molar-refractivity contribution in [1.29, 1.82) is 0 Å². The Morgan fingerprint density at radius 1 is 1.57 bits per heavy atom. The Hall–Kier alpha value is -1.07. The van der Waals surface area contributed by atoms with Crippen molar-refractivity contribution in [3.63, 3.8) is 0 Å². The van der Waals surface area contributed by atoms with Gasteiger partial charge in [0.15, 0.2) is 0 Å². The summed E-state index contributed by atoms with van der Waals surface area (Å²) in [5, 5.41) is 2.86. The molecule has 0 amide bonds. The SMILES string of the molecule is CN=CN/C(N)=C\CN1CCOCC1. The first-order valence-corrected chi connectivity index (χ1v) is 4.76. The van der Waals surface area contributed by atoms with Gasteiger partial charge in [0, 0.05) is 26.7 Å². The molecule has 0 radical (unpaired) electrons. The molecule has 1 saturated heterocycles. The van der Waals surface area contributed by atoms with Gasteiger partial charge in [-0.25, -0.2) is 0 Å². The smallest absolute Gasteiger partial charge is 0.0983 e. The van der Waals surface area contributed by atoms with E-state index in [9.17, 15) is 0 Å². The maximum absolute atomic E-state index is 5.68. The normalized spacial score (nSPS) is 20.2. The minimum absolute atomic E-state index is 0.641. The summed E-state index contributed by atoms with van der Waals surface area (Å²) in [6.07, 6.45) is 3.53. The number of morpholine rings is 1. The van der Waals surface area contributed by atoms with Crippen molar-refractivity contribution in [3.05, 3.63) is 11.9 Å². The van der Waals surface area contributed by atoms with E-state index in [1.54, 1.807) is 13.4 Å². The number of hydrogen-bond donors (Lipinski definition) is 2. The van der Waals surface area contributed by atoms with Crippen LogP contribution in [-0.4, -0.2) is 51.1 Å². The Kier molecular flexibility index (Phi) is 5.03. The Morgan fingerprint density at radius 2 is 2.29 bits per heavy atom. The molecule has 0 saturated carbocycles. The van der Waals surface area contributed by atoms with E-state index in [-0.39, 0.29) is 0 Å². The van der Waals surface area contributed by atoms with E-state index in [2.05, 4.69) is 15.2 Å². The fourth-order valence-corrected chi connectivity index (χ4v) is 1.21. The van der Waals surface area contributed by atoms with E-state index in [1.807, 2.05) is 6.08 Å². The van der Waals surface area contributed by atoms with E-state index in [0.717, 1.165) is 32.8 Å². The molecule has 1 fully saturated rings. The van der Waals surface area contributed by atoms with Gasteiger partial charge in [-0.3, -0.25) is 9.89 Å². The third kappa shape index (κ3) is 4.25. The minimum Gasteiger partial charge on any atom is -0.385 e. The van der Waals surface area contributed by atoms with Gasteiger partial charge in [-0.2, -0.15) is 0 Å². The molecule has 0 aromatic rings. The topological polar surface area (TPSA) is 62.9 Å². The summed E-state index contributed by atoms with van der Waals surface area (Å²) < 4.78 is 5.24. The average Bonchev–Trinajstić information content (AvgIpc) is 2.25. The predicted octanol–water partition coefficient (Wildman–Crippen LogP) is -0.634. The molecule has 80 valence electrons. The molecule has 0 aromatic carbocycles. The zero-order chi connectivity index (χ0) is 10.2. The van der Waals surface area contributed by atoms with Crippen LogP contribution < -0.4 is 11.1 Å². The first kappa shape index (κ1) is 11.0. The maximum Gasteiger partial charge on any atom is 0.0983 e. The number of aliphatic imine (C=N–C) groups is 1. The van der Waals surface area contributed by atoms with E-state index >= 15 is 0 Å². The van der Waals surface area contributed by atoms with Gasteiger partial charge in [0.25, 0.3) is 0 Å². The summed E-state index contributed by atoms with van der Waals surface area (Å²) in [7, 11) is 1.70. The van der Waals surface area contributed by atoms with Gasteiger partial charge in [-0.15, -0.1) is 0 Å². The first-order valence-electron chi connectivity index (χ1n) is 4.76. The quantitative estimate of drug-likeness (QED) is 0.466. The number of rotatable bonds is 4. The Labute approximate surface area is 84.6 Å². The van der Waals surface area contributed by atoms with Crippen LogP contribution in [0.5, 0.6) is 0 Å². The minimum atomic E-state index is 0.641. The highest BCUT2D eigenvalue weighted by Gasteiger charge is 2.07. The Balaban J connectivity index is 2.22. The average molecular weight is 198 g/mol. The van der Waals surface area contributed by atoms with Crippen molar-refractivity contribution < 1.29 is 4.74 Å². The van der Waals surface area contributed by atoms with Gasteiger partial charge in [0.05, 0.1) is 25.4 Å². The molecule has 0 aliphatic carbocycles. The number of ether oxygens (including phenoxy) is 1. The fraction of sp³-hybridized carbons (Fsp3) is 0.667. The number of nitrogens with zero attached hydrogens (tertiary/aromatic N) is 2. The van der Waals surface area contributed by atoms with Crippen molar-refractivity contribution in [2.75, 3.05) is 39.9 Å². The number of nitrogens with two attached hydrogens (primary N) is 1. The Bertz CT molecular complexity index is 209. The van der Waals surface area contributed by atoms with Gasteiger partial charge in [-0.1, -0.05) is 0 Å². The van der Waals surface area contributed by atoms with Crippen molar-refractivity contribution in [2.24, 2.45) is 10.7 Å². The summed E-state index contributed by atoms with van der Waals surface area (Å²) in [5.74, 6) is 0.641. The van der Waals surface area contributed by atoms with Crippen LogP contribution >= 0.6 is 0 Å². The highest BCUT2D eigenvalue weighted by Crippen LogP contribution is 1.96. The molecule has 1 rings (SSSR count). The molecule has 1 aliphatic rings. The van der Waals surface area contributed by atoms with Crippen LogP contribution in [0, 0.1) is 0 Å². The van der Waals surface area contributed by atoms with Crippen LogP contribution in [0.15, 0.2) is 16.9 Å². The molecule has 1 aliphatic heterocycles. The molecule has 0 spiro atoms. The molecule has 0 bridgehead atoms. The van der Waals surface area contributed by atoms with Crippen LogP contribution in [0.25, 0.3) is 0 Å². The van der Waals surface area contributed by atoms with Gasteiger partial charge < -0.3 is 15.8 Å². The molecule has 5 nitrogen and oxygen atoms in total. The molecule has 0 unspecified atom stereocenters. The summed E-state index contributed by atoms with van der Waals surface area (Å²) in [4.78, 5) is 6.07. The van der Waals surface area contributed by atoms with Gasteiger partial charge in [0.1, 0.15) is 0 Å². The third-order valence-corrected chi connectivity index (χ3v) is 2.03. The molecule has 0 aromatic heterocycles. The zero-order valence-corrected chi connectivity index (χ0v) is 8.57. The van der Waals surface area contributed by atoms with Gasteiger partial charge in [0.2, 0.25) is 0 Å². The molecule has 5 heteroatoms. The lowest BCUT2D eigenvalue weighted by atomic mass is 10.4. The second kappa shape index (κ2) is 6.39. The summed E-state index contributed by atoms with van der Waals surface area (Å²) in [6, 6.07) is 0. The number of nitrogens with one attached hydrogen (secondary N) is 1. The molecular formula is C9H18N4O. The second-order valence-corrected chi connectivity index (χ2v) is 3.10. The third-order valence-electron chi connectivity index (χ3n) is 2.03. The zero-order valence-electron chi connectivity index (χ0n) is 8.57. The van der Waals surface area contributed by atoms with Crippen LogP contribution in [0.3, 0.4) is 0 Å². The monoisotopic (exact) mass is 198 g/mol. The lowest BCUT2D eigenvalue weighted by molar-refractivity contribution is 0.0433. The molecule has 0 atom stereocenters. The molecule has 1 heterocycles. The largest absolute Gasteiger partial charge is 0.385 e. The van der Waals surface area contributed by atoms with Crippen LogP contribution in [0.2, 0.25) is 0 Å². The standard InChI is InChI=1S/C9H18N4O/c1-11-8-12-9(10)2-3-13-4-6-14-7-5-13/h2,8H,3-7,10H2,1H3,(H,11,12)/b9-2-. The maximum atomic E-state index is 5.68. The highest BCUT2D eigenvalue weighted by atomic mass is 16.5. The number of hydrogen-bond acceptors (Lipinski definition) is 4. The van der Waals surface area contributed by atoms with Crippen LogP contribution in [-0.2, 0) is 4.74 Å². The molecule has 14 heavy (non-hydrogen) atoms. The van der Waals surface area contributed by atoms with Crippen molar-refractivity contribution in [2.45, 2.75) is 0 Å². The van der Waals surface area contributed by atoms with Crippen LogP contribution in [0.1, 0.15) is 0 Å². The van der Waals surface area contributed by atoms with E-state index < -0.39 is 0 Å². The van der Waals surface area contributed by atoms with Crippen molar-refractivity contribution in [1.82, 2.24) is 10.2 Å². The van der Waals surface area contributed by atoms with E-state index in [4.69, 9.17) is 10.5 Å². The predicted molar refractivity (Wildman–Crippen MR) is 57.1 cm³/mol. The van der Waals surface area contributed by atoms with Crippen molar-refractivity contribution in [3.8, 4) is 0 Å². The van der Waals surface area contributed by atoms with Gasteiger partial charge >= 0.3 is 0 Å². The lowest BCUT2D eigenvalue weighted by Gasteiger charge is -2.25. The summed E-state index contributed by atoms with van der Waals surface area (Å²) >= 11 is 0. The summed E-state index contributed by atoms with van der Waals surface area (Å²) in [6.45, 7) is 4.45. The van der Waals surface area contributed by atoms with E-state index in [0.29, 0.717) is 5.82 Å². The first-order chi connectivity index (χ1) is 6.83. The van der Waals surface area contributed by atoms with Gasteiger partial charge in [-0.05, 0) is 6.08 Å². The highest BCUT2D eigenvalue weighted by molar-refractivity contribution is 5.56.